The maximum atomic E-state index is 13.2. The lowest BCUT2D eigenvalue weighted by Crippen LogP contribution is -2.46. The minimum absolute atomic E-state index is 0.00491. The largest absolute Gasteiger partial charge is 0.416 e. The second-order valence-corrected chi connectivity index (χ2v) is 12.1. The molecule has 38 heavy (non-hydrogen) atoms. The molecule has 2 fully saturated rings. The van der Waals surface area contributed by atoms with Gasteiger partial charge in [-0.05, 0) is 55.5 Å². The summed E-state index contributed by atoms with van der Waals surface area (Å²) in [6.45, 7) is 0.258. The lowest BCUT2D eigenvalue weighted by molar-refractivity contribution is -0.141. The van der Waals surface area contributed by atoms with E-state index in [0.717, 1.165) is 12.1 Å². The molecule has 2 saturated heterocycles. The molecule has 1 amide bonds. The molecule has 0 bridgehead atoms. The molecule has 0 saturated carbocycles. The zero-order valence-electron chi connectivity index (χ0n) is 20.3. The van der Waals surface area contributed by atoms with E-state index in [0.29, 0.717) is 12.8 Å². The molecule has 1 unspecified atom stereocenters. The van der Waals surface area contributed by atoms with Gasteiger partial charge in [-0.25, -0.2) is 8.42 Å². The van der Waals surface area contributed by atoms with Crippen LogP contribution in [-0.2, 0) is 31.3 Å². The maximum absolute atomic E-state index is 13.2. The lowest BCUT2D eigenvalue weighted by atomic mass is 9.83. The van der Waals surface area contributed by atoms with Crippen molar-refractivity contribution in [3.8, 4) is 0 Å². The van der Waals surface area contributed by atoms with Crippen LogP contribution in [0.15, 0.2) is 47.4 Å². The standard InChI is InChI=1S/C25H27Cl2F3N2O5S/c26-20-7-2-8-21(27)23(20)38(35,36)32-11-3-6-19(32)15-37-16-22(33)31-12-9-24(34,10-13-31)17-4-1-5-18(14-17)25(28,29)30/h1-2,4-5,7-8,14,19,34H,3,6,9-13,15-16H2. The first-order valence-electron chi connectivity index (χ1n) is 12.0. The Balaban J connectivity index is 1.31. The van der Waals surface area contributed by atoms with E-state index in [9.17, 15) is 31.5 Å². The molecular formula is C25H27Cl2F3N2O5S. The van der Waals surface area contributed by atoms with Crippen LogP contribution in [0.25, 0.3) is 0 Å². The Labute approximate surface area is 229 Å². The number of aliphatic hydroxyl groups is 1. The molecular weight excluding hydrogens is 568 g/mol. The number of amides is 1. The first-order chi connectivity index (χ1) is 17.8. The van der Waals surface area contributed by atoms with Gasteiger partial charge in [0, 0.05) is 25.7 Å². The van der Waals surface area contributed by atoms with Gasteiger partial charge >= 0.3 is 6.18 Å². The summed E-state index contributed by atoms with van der Waals surface area (Å²) in [7, 11) is -3.98. The number of benzene rings is 2. The number of sulfonamides is 1. The van der Waals surface area contributed by atoms with Crippen molar-refractivity contribution >= 4 is 39.1 Å². The van der Waals surface area contributed by atoms with Gasteiger partial charge in [0.15, 0.2) is 0 Å². The summed E-state index contributed by atoms with van der Waals surface area (Å²) in [5, 5.41) is 11.0. The van der Waals surface area contributed by atoms with E-state index in [-0.39, 0.29) is 72.1 Å². The molecule has 2 heterocycles. The Hall–Kier alpha value is -1.89. The zero-order valence-corrected chi connectivity index (χ0v) is 22.6. The number of ether oxygens (including phenoxy) is 1. The third-order valence-corrected chi connectivity index (χ3v) is 9.92. The first-order valence-corrected chi connectivity index (χ1v) is 14.2. The summed E-state index contributed by atoms with van der Waals surface area (Å²) in [4.78, 5) is 14.0. The van der Waals surface area contributed by atoms with E-state index in [1.807, 2.05) is 0 Å². The molecule has 2 aliphatic rings. The van der Waals surface area contributed by atoms with E-state index in [1.54, 1.807) is 6.07 Å². The minimum Gasteiger partial charge on any atom is -0.385 e. The summed E-state index contributed by atoms with van der Waals surface area (Å²) in [5.74, 6) is -0.349. The third kappa shape index (κ3) is 6.13. The summed E-state index contributed by atoms with van der Waals surface area (Å²) in [6, 6.07) is 8.57. The van der Waals surface area contributed by atoms with Crippen LogP contribution in [0.3, 0.4) is 0 Å². The molecule has 0 spiro atoms. The number of carbonyl (C=O) groups is 1. The van der Waals surface area contributed by atoms with Crippen molar-refractivity contribution in [2.75, 3.05) is 32.8 Å². The third-order valence-electron chi connectivity index (χ3n) is 7.02. The number of carbonyl (C=O) groups excluding carboxylic acids is 1. The van der Waals surface area contributed by atoms with Gasteiger partial charge in [-0.2, -0.15) is 17.5 Å². The lowest BCUT2D eigenvalue weighted by Gasteiger charge is -2.38. The van der Waals surface area contributed by atoms with Crippen LogP contribution in [0.5, 0.6) is 0 Å². The average molecular weight is 595 g/mol. The van der Waals surface area contributed by atoms with Crippen LogP contribution in [0.1, 0.15) is 36.8 Å². The van der Waals surface area contributed by atoms with Crippen LogP contribution in [0.2, 0.25) is 10.0 Å². The van der Waals surface area contributed by atoms with Crippen molar-refractivity contribution in [2.45, 2.75) is 48.4 Å². The van der Waals surface area contributed by atoms with Crippen LogP contribution in [-0.4, -0.2) is 67.5 Å². The van der Waals surface area contributed by atoms with Crippen molar-refractivity contribution in [1.29, 1.82) is 0 Å². The Bertz CT molecular complexity index is 1260. The number of alkyl halides is 3. The minimum atomic E-state index is -4.52. The van der Waals surface area contributed by atoms with Gasteiger partial charge in [0.2, 0.25) is 15.9 Å². The summed E-state index contributed by atoms with van der Waals surface area (Å²) in [5.41, 5.74) is -2.15. The highest BCUT2D eigenvalue weighted by molar-refractivity contribution is 7.89. The number of piperidine rings is 1. The van der Waals surface area contributed by atoms with Crippen LogP contribution in [0.4, 0.5) is 13.2 Å². The van der Waals surface area contributed by atoms with Crippen molar-refractivity contribution in [1.82, 2.24) is 9.21 Å². The highest BCUT2D eigenvalue weighted by Crippen LogP contribution is 2.37. The van der Waals surface area contributed by atoms with Gasteiger partial charge in [0.05, 0.1) is 27.8 Å². The zero-order chi connectivity index (χ0) is 27.7. The maximum Gasteiger partial charge on any atom is 0.416 e. The van der Waals surface area contributed by atoms with Gasteiger partial charge in [-0.15, -0.1) is 0 Å². The normalized spacial score (nSPS) is 20.6. The predicted molar refractivity (Wildman–Crippen MR) is 135 cm³/mol. The fourth-order valence-electron chi connectivity index (χ4n) is 4.91. The molecule has 13 heteroatoms. The first kappa shape index (κ1) is 29.1. The highest BCUT2D eigenvalue weighted by Gasteiger charge is 2.39. The quantitative estimate of drug-likeness (QED) is 0.502. The Morgan fingerprint density at radius 1 is 1.08 bits per heavy atom. The van der Waals surface area contributed by atoms with E-state index in [4.69, 9.17) is 27.9 Å². The average Bonchev–Trinajstić information content (AvgIpc) is 3.33. The smallest absolute Gasteiger partial charge is 0.385 e. The Morgan fingerprint density at radius 3 is 2.34 bits per heavy atom. The molecule has 2 aromatic rings. The van der Waals surface area contributed by atoms with Crippen molar-refractivity contribution in [2.24, 2.45) is 0 Å². The number of nitrogens with zero attached hydrogens (tertiary/aromatic N) is 2. The molecule has 7 nitrogen and oxygen atoms in total. The predicted octanol–water partition coefficient (Wildman–Crippen LogP) is 4.69. The Morgan fingerprint density at radius 2 is 1.71 bits per heavy atom. The number of hydrogen-bond acceptors (Lipinski definition) is 5. The molecule has 0 aliphatic carbocycles. The highest BCUT2D eigenvalue weighted by atomic mass is 35.5. The molecule has 0 radical (unpaired) electrons. The van der Waals surface area contributed by atoms with Gasteiger partial charge in [0.1, 0.15) is 11.5 Å². The van der Waals surface area contributed by atoms with Crippen molar-refractivity contribution in [3.63, 3.8) is 0 Å². The second-order valence-electron chi connectivity index (χ2n) is 9.47. The van der Waals surface area contributed by atoms with Crippen molar-refractivity contribution in [3.05, 3.63) is 63.6 Å². The van der Waals surface area contributed by atoms with Crippen LogP contribution < -0.4 is 0 Å². The Kier molecular flexibility index (Phi) is 8.66. The van der Waals surface area contributed by atoms with Gasteiger partial charge < -0.3 is 14.7 Å². The van der Waals surface area contributed by atoms with Crippen LogP contribution >= 0.6 is 23.2 Å². The van der Waals surface area contributed by atoms with Gasteiger partial charge in [0.25, 0.3) is 0 Å². The number of rotatable bonds is 7. The van der Waals surface area contributed by atoms with Crippen LogP contribution in [0, 0.1) is 0 Å². The molecule has 2 aliphatic heterocycles. The van der Waals surface area contributed by atoms with E-state index in [1.165, 1.54) is 33.5 Å². The molecule has 1 N–H and O–H groups in total. The number of likely N-dealkylation sites (tertiary alicyclic amines) is 1. The number of hydrogen-bond donors (Lipinski definition) is 1. The fraction of sp³-hybridized carbons (Fsp3) is 0.480. The molecule has 208 valence electrons. The second kappa shape index (κ2) is 11.3. The summed E-state index contributed by atoms with van der Waals surface area (Å²) < 4.78 is 72.6. The topological polar surface area (TPSA) is 87.2 Å². The summed E-state index contributed by atoms with van der Waals surface area (Å²) in [6.07, 6.45) is -3.21. The van der Waals surface area contributed by atoms with E-state index >= 15 is 0 Å². The monoisotopic (exact) mass is 594 g/mol. The fourth-order valence-corrected chi connectivity index (χ4v) is 7.69. The van der Waals surface area contributed by atoms with Gasteiger partial charge in [-0.3, -0.25) is 4.79 Å². The molecule has 0 aromatic heterocycles. The van der Waals surface area contributed by atoms with Gasteiger partial charge in [-0.1, -0.05) is 41.4 Å². The van der Waals surface area contributed by atoms with E-state index < -0.39 is 33.4 Å². The molecule has 4 rings (SSSR count). The SMILES string of the molecule is O=C(COCC1CCCN1S(=O)(=O)c1c(Cl)cccc1Cl)N1CCC(O)(c2cccc(C(F)(F)F)c2)CC1. The molecule has 2 aromatic carbocycles. The van der Waals surface area contributed by atoms with E-state index in [2.05, 4.69) is 0 Å². The molecule has 1 atom stereocenters. The summed E-state index contributed by atoms with van der Waals surface area (Å²) >= 11 is 12.2. The van der Waals surface area contributed by atoms with Crippen molar-refractivity contribution < 1.29 is 36.2 Å². The number of halogens is 5.